The molecule has 2 bridgehead atoms. The van der Waals surface area contributed by atoms with Crippen LogP contribution in [-0.4, -0.2) is 101 Å². The van der Waals surface area contributed by atoms with E-state index < -0.39 is 17.3 Å². The Morgan fingerprint density at radius 1 is 1.04 bits per heavy atom. The van der Waals surface area contributed by atoms with E-state index in [4.69, 9.17) is 14.6 Å². The first-order valence-electron chi connectivity index (χ1n) is 20.5. The highest BCUT2D eigenvalue weighted by Gasteiger charge is 2.72. The minimum absolute atomic E-state index is 0.171. The molecule has 4 aliphatic carbocycles. The van der Waals surface area contributed by atoms with Gasteiger partial charge in [-0.1, -0.05) is 74.0 Å². The molecule has 1 aliphatic heterocycles. The van der Waals surface area contributed by atoms with Crippen LogP contribution in [-0.2, 0) is 14.3 Å². The average Bonchev–Trinajstić information content (AvgIpc) is 3.56. The topological polar surface area (TPSA) is 110 Å². The number of carbonyl (C=O) groups is 2. The number of rotatable bonds is 10. The lowest BCUT2D eigenvalue weighted by Gasteiger charge is -2.71. The number of aliphatic carboxylic acids is 1. The Balaban J connectivity index is 1.48. The minimum Gasteiger partial charge on any atom is -0.481 e. The molecule has 12 atom stereocenters. The molecule has 6 rings (SSSR count). The molecule has 53 heavy (non-hydrogen) atoms. The van der Waals surface area contributed by atoms with Gasteiger partial charge in [0.15, 0.2) is 0 Å². The second kappa shape index (κ2) is 13.4. The van der Waals surface area contributed by atoms with Crippen molar-refractivity contribution >= 4 is 11.9 Å². The van der Waals surface area contributed by atoms with Gasteiger partial charge in [-0.2, -0.15) is 5.10 Å². The molecule has 1 aromatic heterocycles. The summed E-state index contributed by atoms with van der Waals surface area (Å²) in [4.78, 5) is 35.6. The number of hydrogen-bond donors (Lipinski definition) is 1. The van der Waals surface area contributed by atoms with E-state index in [0.29, 0.717) is 49.3 Å². The van der Waals surface area contributed by atoms with Crippen molar-refractivity contribution < 1.29 is 24.2 Å². The minimum atomic E-state index is -0.640. The Bertz CT molecular complexity index is 1590. The van der Waals surface area contributed by atoms with Gasteiger partial charge >= 0.3 is 5.97 Å². The van der Waals surface area contributed by atoms with Gasteiger partial charge in [0.2, 0.25) is 5.82 Å². The molecule has 10 heteroatoms. The third-order valence-electron chi connectivity index (χ3n) is 17.4. The lowest BCUT2D eigenvalue weighted by atomic mass is 9.34. The maximum absolute atomic E-state index is 13.6. The number of aromatic nitrogens is 3. The van der Waals surface area contributed by atoms with Crippen LogP contribution < -0.4 is 0 Å². The molecule has 10 nitrogen and oxygen atoms in total. The van der Waals surface area contributed by atoms with E-state index in [-0.39, 0.29) is 51.2 Å². The number of allylic oxidation sites excluding steroid dienone is 1. The predicted octanol–water partition coefficient (Wildman–Crippen LogP) is 7.47. The number of nitrogens with zero attached hydrogens (tertiary/aromatic N) is 5. The van der Waals surface area contributed by atoms with Gasteiger partial charge in [0.25, 0.3) is 5.91 Å². The molecule has 1 N–H and O–H groups in total. The fourth-order valence-corrected chi connectivity index (χ4v) is 13.0. The highest BCUT2D eigenvalue weighted by Crippen LogP contribution is 2.75. The summed E-state index contributed by atoms with van der Waals surface area (Å²) in [6.07, 6.45) is 9.22. The van der Waals surface area contributed by atoms with Gasteiger partial charge in [-0.3, -0.25) is 9.59 Å². The number of carbonyl (C=O) groups excluding carboxylic acids is 1. The first-order chi connectivity index (χ1) is 24.6. The van der Waals surface area contributed by atoms with Gasteiger partial charge in [0.05, 0.1) is 37.9 Å². The van der Waals surface area contributed by atoms with E-state index in [9.17, 15) is 14.7 Å². The summed E-state index contributed by atoms with van der Waals surface area (Å²) >= 11 is 0. The number of carboxylic acid groups (broad SMARTS) is 1. The number of amides is 1. The van der Waals surface area contributed by atoms with Crippen molar-refractivity contribution in [2.75, 3.05) is 48.0 Å². The fraction of sp³-hybridized carbons (Fsp3) is 0.860. The highest BCUT2D eigenvalue weighted by atomic mass is 16.5. The predicted molar refractivity (Wildman–Crippen MR) is 207 cm³/mol. The van der Waals surface area contributed by atoms with Crippen molar-refractivity contribution in [1.82, 2.24) is 24.6 Å². The molecule has 3 saturated carbocycles. The zero-order valence-corrected chi connectivity index (χ0v) is 35.5. The Morgan fingerprint density at radius 2 is 1.72 bits per heavy atom. The summed E-state index contributed by atoms with van der Waals surface area (Å²) < 4.78 is 16.0. The fourth-order valence-electron chi connectivity index (χ4n) is 13.0. The maximum atomic E-state index is 13.6. The van der Waals surface area contributed by atoms with Crippen LogP contribution >= 0.6 is 0 Å². The van der Waals surface area contributed by atoms with Gasteiger partial charge in [-0.25, -0.2) is 9.67 Å². The van der Waals surface area contributed by atoms with Crippen LogP contribution in [0.4, 0.5) is 0 Å². The average molecular weight is 738 g/mol. The quantitative estimate of drug-likeness (QED) is 0.247. The van der Waals surface area contributed by atoms with Crippen LogP contribution in [0.15, 0.2) is 18.0 Å². The van der Waals surface area contributed by atoms with Crippen LogP contribution in [0.5, 0.6) is 0 Å². The Kier molecular flexibility index (Phi) is 10.2. The zero-order valence-electron chi connectivity index (χ0n) is 35.5. The largest absolute Gasteiger partial charge is 0.481 e. The van der Waals surface area contributed by atoms with Gasteiger partial charge in [0, 0.05) is 30.5 Å². The van der Waals surface area contributed by atoms with E-state index in [2.05, 4.69) is 99.3 Å². The lowest BCUT2D eigenvalue weighted by molar-refractivity contribution is -0.255. The van der Waals surface area contributed by atoms with Crippen molar-refractivity contribution in [1.29, 1.82) is 0 Å². The van der Waals surface area contributed by atoms with Gasteiger partial charge in [0.1, 0.15) is 6.33 Å². The Hall–Kier alpha value is -2.30. The highest BCUT2D eigenvalue weighted by molar-refractivity contribution is 5.90. The molecular weight excluding hydrogens is 667 g/mol. The van der Waals surface area contributed by atoms with Crippen molar-refractivity contribution in [3.8, 4) is 0 Å². The standard InChI is InChI=1S/C43H71N5O5/c1-26(2)28(5)38(6)19-20-40(8)29-15-16-32-39(7)22-52-24-43(32,30(29)17-18-41(40,9)33(38)37(50)51)21-31(48-35(44-25-45-48)36(49)46(11)12)34(39)53-23-42(10,27(3)4)47(13)14/h17,25-29,31-34H,15-16,18-24H2,1-14H3,(H,50,51)/t28-,29+,31-,32+,33-,34+,38-,39+,40-,41+,42+,43+/m1/s1. The molecule has 1 amide bonds. The summed E-state index contributed by atoms with van der Waals surface area (Å²) in [5.74, 6) is 0.692. The Morgan fingerprint density at radius 3 is 2.30 bits per heavy atom. The Labute approximate surface area is 319 Å². The smallest absolute Gasteiger partial charge is 0.307 e. The summed E-state index contributed by atoms with van der Waals surface area (Å²) in [6, 6.07) is -0.241. The summed E-state index contributed by atoms with van der Waals surface area (Å²) in [5, 5.41) is 15.9. The zero-order chi connectivity index (χ0) is 39.3. The van der Waals surface area contributed by atoms with Crippen molar-refractivity contribution in [3.05, 3.63) is 23.8 Å². The first-order valence-corrected chi connectivity index (χ1v) is 20.5. The second-order valence-corrected chi connectivity index (χ2v) is 20.5. The van der Waals surface area contributed by atoms with Crippen molar-refractivity contribution in [3.63, 3.8) is 0 Å². The van der Waals surface area contributed by atoms with E-state index in [1.54, 1.807) is 19.0 Å². The van der Waals surface area contributed by atoms with Crippen LogP contribution in [0.1, 0.15) is 124 Å². The molecule has 0 unspecified atom stereocenters. The molecule has 2 heterocycles. The third kappa shape index (κ3) is 5.63. The van der Waals surface area contributed by atoms with E-state index in [0.717, 1.165) is 38.5 Å². The normalized spacial score (nSPS) is 41.2. The van der Waals surface area contributed by atoms with E-state index >= 15 is 0 Å². The SMILES string of the molecule is CC(C)[C@@H](C)[C@@]1(C)CC[C@]2(C)[C@H]3CC[C@@H]4[C@@]5(COC[C@]4(C)[C@@H](OC[C@@](C)(C(C)C)N(C)C)[C@H](n4ncnc4C(=O)N(C)C)C5)C3=CC[C@@]2(C)[C@@H]1C(=O)O. The van der Waals surface area contributed by atoms with Crippen molar-refractivity contribution in [2.24, 2.45) is 62.6 Å². The molecule has 0 spiro atoms. The number of ether oxygens (including phenoxy) is 2. The molecule has 1 saturated heterocycles. The first kappa shape index (κ1) is 40.4. The second-order valence-electron chi connectivity index (χ2n) is 20.5. The molecule has 298 valence electrons. The number of hydrogen-bond acceptors (Lipinski definition) is 7. The molecule has 4 fully saturated rings. The van der Waals surface area contributed by atoms with Crippen LogP contribution in [0.2, 0.25) is 0 Å². The molecule has 5 aliphatic rings. The lowest BCUT2D eigenvalue weighted by Crippen LogP contribution is -2.69. The molecule has 0 aromatic carbocycles. The summed E-state index contributed by atoms with van der Waals surface area (Å²) in [5.41, 5.74) is -0.253. The van der Waals surface area contributed by atoms with E-state index in [1.165, 1.54) is 11.9 Å². The summed E-state index contributed by atoms with van der Waals surface area (Å²) in [7, 11) is 7.77. The third-order valence-corrected chi connectivity index (χ3v) is 17.4. The van der Waals surface area contributed by atoms with E-state index in [1.807, 2.05) is 4.68 Å². The van der Waals surface area contributed by atoms with Crippen LogP contribution in [0.3, 0.4) is 0 Å². The summed E-state index contributed by atoms with van der Waals surface area (Å²) in [6.45, 7) is 24.7. The molecule has 1 aromatic rings. The molecule has 0 radical (unpaired) electrons. The van der Waals surface area contributed by atoms with Gasteiger partial charge in [-0.15, -0.1) is 0 Å². The number of fused-ring (bicyclic) bond motifs is 3. The molecular formula is C43H71N5O5. The van der Waals surface area contributed by atoms with Crippen LogP contribution in [0, 0.1) is 62.6 Å². The van der Waals surface area contributed by atoms with Gasteiger partial charge in [-0.05, 0) is 105 Å². The van der Waals surface area contributed by atoms with Crippen LogP contribution in [0.25, 0.3) is 0 Å². The monoisotopic (exact) mass is 738 g/mol. The number of carboxylic acids is 1. The van der Waals surface area contributed by atoms with Gasteiger partial charge < -0.3 is 24.4 Å². The maximum Gasteiger partial charge on any atom is 0.307 e. The number of likely N-dealkylation sites (N-methyl/N-ethyl adjacent to an activating group) is 1. The van der Waals surface area contributed by atoms with Crippen molar-refractivity contribution in [2.45, 2.75) is 125 Å².